The zero-order valence-corrected chi connectivity index (χ0v) is 10.5. The SMILES string of the molecule is C=CC(=O)O[C@@H](CO)COc1cccc(CC)c1. The first-order chi connectivity index (χ1) is 8.69. The number of carbonyl (C=O) groups excluding carboxylic acids is 1. The quantitative estimate of drug-likeness (QED) is 0.591. The summed E-state index contributed by atoms with van der Waals surface area (Å²) in [6.45, 7) is 5.18. The molecule has 4 nitrogen and oxygen atoms in total. The Morgan fingerprint density at radius 3 is 2.94 bits per heavy atom. The van der Waals surface area contributed by atoms with Gasteiger partial charge in [-0.2, -0.15) is 0 Å². The van der Waals surface area contributed by atoms with E-state index >= 15 is 0 Å². The average Bonchev–Trinajstić information content (AvgIpc) is 2.43. The van der Waals surface area contributed by atoms with Gasteiger partial charge in [0.05, 0.1) is 6.61 Å². The van der Waals surface area contributed by atoms with Crippen molar-refractivity contribution in [2.24, 2.45) is 0 Å². The summed E-state index contributed by atoms with van der Waals surface area (Å²) >= 11 is 0. The third-order valence-corrected chi connectivity index (χ3v) is 2.40. The number of aliphatic hydroxyl groups excluding tert-OH is 1. The van der Waals surface area contributed by atoms with Crippen molar-refractivity contribution in [1.29, 1.82) is 0 Å². The van der Waals surface area contributed by atoms with Gasteiger partial charge in [-0.25, -0.2) is 4.79 Å². The van der Waals surface area contributed by atoms with Crippen molar-refractivity contribution in [3.8, 4) is 5.75 Å². The molecule has 1 aromatic rings. The average molecular weight is 250 g/mol. The van der Waals surface area contributed by atoms with Gasteiger partial charge in [0, 0.05) is 6.08 Å². The lowest BCUT2D eigenvalue weighted by Crippen LogP contribution is -2.27. The Hall–Kier alpha value is -1.81. The van der Waals surface area contributed by atoms with Crippen molar-refractivity contribution in [3.05, 3.63) is 42.5 Å². The Morgan fingerprint density at radius 1 is 1.56 bits per heavy atom. The molecule has 0 radical (unpaired) electrons. The predicted molar refractivity (Wildman–Crippen MR) is 68.5 cm³/mol. The molecular weight excluding hydrogens is 232 g/mol. The molecule has 0 aliphatic carbocycles. The molecule has 0 fully saturated rings. The van der Waals surface area contributed by atoms with Crippen LogP contribution in [0.1, 0.15) is 12.5 Å². The highest BCUT2D eigenvalue weighted by molar-refractivity contribution is 5.81. The second-order valence-electron chi connectivity index (χ2n) is 3.76. The fraction of sp³-hybridized carbons (Fsp3) is 0.357. The van der Waals surface area contributed by atoms with Gasteiger partial charge >= 0.3 is 5.97 Å². The summed E-state index contributed by atoms with van der Waals surface area (Å²) in [6, 6.07) is 7.65. The van der Waals surface area contributed by atoms with E-state index in [0.29, 0.717) is 5.75 Å². The number of hydrogen-bond donors (Lipinski definition) is 1. The molecule has 98 valence electrons. The summed E-state index contributed by atoms with van der Waals surface area (Å²) in [5, 5.41) is 9.06. The molecule has 0 aliphatic heterocycles. The number of esters is 1. The molecule has 0 bridgehead atoms. The Kier molecular flexibility index (Phi) is 5.94. The lowest BCUT2D eigenvalue weighted by atomic mass is 10.2. The van der Waals surface area contributed by atoms with Gasteiger partial charge in [0.15, 0.2) is 6.10 Å². The van der Waals surface area contributed by atoms with Crippen LogP contribution in [-0.4, -0.2) is 30.4 Å². The maximum atomic E-state index is 11.0. The number of ether oxygens (including phenoxy) is 2. The van der Waals surface area contributed by atoms with Gasteiger partial charge in [0.1, 0.15) is 12.4 Å². The first-order valence-corrected chi connectivity index (χ1v) is 5.85. The number of hydrogen-bond acceptors (Lipinski definition) is 4. The highest BCUT2D eigenvalue weighted by Crippen LogP contribution is 2.14. The van der Waals surface area contributed by atoms with Crippen LogP contribution in [-0.2, 0) is 16.0 Å². The van der Waals surface area contributed by atoms with E-state index in [4.69, 9.17) is 14.6 Å². The minimum atomic E-state index is -0.680. The second-order valence-corrected chi connectivity index (χ2v) is 3.76. The van der Waals surface area contributed by atoms with Crippen LogP contribution in [0.3, 0.4) is 0 Å². The summed E-state index contributed by atoms with van der Waals surface area (Å²) in [7, 11) is 0. The molecule has 1 N–H and O–H groups in total. The van der Waals surface area contributed by atoms with E-state index in [0.717, 1.165) is 18.1 Å². The topological polar surface area (TPSA) is 55.8 Å². The molecular formula is C14H18O4. The third-order valence-electron chi connectivity index (χ3n) is 2.40. The molecule has 0 saturated carbocycles. The van der Waals surface area contributed by atoms with E-state index < -0.39 is 12.1 Å². The van der Waals surface area contributed by atoms with Crippen molar-refractivity contribution in [2.75, 3.05) is 13.2 Å². The summed E-state index contributed by atoms with van der Waals surface area (Å²) in [5.41, 5.74) is 1.16. The lowest BCUT2D eigenvalue weighted by Gasteiger charge is -2.15. The molecule has 0 aromatic heterocycles. The monoisotopic (exact) mass is 250 g/mol. The van der Waals surface area contributed by atoms with Crippen molar-refractivity contribution >= 4 is 5.97 Å². The highest BCUT2D eigenvalue weighted by Gasteiger charge is 2.12. The van der Waals surface area contributed by atoms with Gasteiger partial charge in [-0.1, -0.05) is 25.6 Å². The molecule has 0 saturated heterocycles. The normalized spacial score (nSPS) is 11.7. The number of carbonyl (C=O) groups is 1. The van der Waals surface area contributed by atoms with Crippen LogP contribution in [0, 0.1) is 0 Å². The van der Waals surface area contributed by atoms with E-state index in [2.05, 4.69) is 13.5 Å². The van der Waals surface area contributed by atoms with E-state index in [1.165, 1.54) is 0 Å². The molecule has 1 rings (SSSR count). The molecule has 1 aromatic carbocycles. The maximum Gasteiger partial charge on any atom is 0.330 e. The van der Waals surface area contributed by atoms with Crippen LogP contribution >= 0.6 is 0 Å². The molecule has 0 unspecified atom stereocenters. The van der Waals surface area contributed by atoms with E-state index in [1.807, 2.05) is 24.3 Å². The van der Waals surface area contributed by atoms with Gasteiger partial charge in [0.2, 0.25) is 0 Å². The predicted octanol–water partition coefficient (Wildman–Crippen LogP) is 1.72. The van der Waals surface area contributed by atoms with Crippen LogP contribution in [0.4, 0.5) is 0 Å². The van der Waals surface area contributed by atoms with Crippen molar-refractivity contribution in [2.45, 2.75) is 19.4 Å². The first-order valence-electron chi connectivity index (χ1n) is 5.85. The zero-order valence-electron chi connectivity index (χ0n) is 10.5. The fourth-order valence-electron chi connectivity index (χ4n) is 1.38. The minimum absolute atomic E-state index is 0.114. The number of aliphatic hydroxyl groups is 1. The van der Waals surface area contributed by atoms with Crippen LogP contribution in [0.2, 0.25) is 0 Å². The van der Waals surface area contributed by atoms with Gasteiger partial charge < -0.3 is 14.6 Å². The summed E-state index contributed by atoms with van der Waals surface area (Å²) < 4.78 is 10.4. The summed E-state index contributed by atoms with van der Waals surface area (Å²) in [6.07, 6.45) is 1.30. The first kappa shape index (κ1) is 14.3. The van der Waals surface area contributed by atoms with Gasteiger partial charge in [-0.05, 0) is 24.1 Å². The van der Waals surface area contributed by atoms with Crippen molar-refractivity contribution in [3.63, 3.8) is 0 Å². The smallest absolute Gasteiger partial charge is 0.330 e. The Labute approximate surface area is 107 Å². The molecule has 0 heterocycles. The molecule has 0 amide bonds. The maximum absolute atomic E-state index is 11.0. The number of rotatable bonds is 7. The summed E-state index contributed by atoms with van der Waals surface area (Å²) in [5.74, 6) is 0.127. The number of benzene rings is 1. The molecule has 1 atom stereocenters. The Morgan fingerprint density at radius 2 is 2.33 bits per heavy atom. The van der Waals surface area contributed by atoms with Gasteiger partial charge in [-0.3, -0.25) is 0 Å². The molecule has 18 heavy (non-hydrogen) atoms. The Balaban J connectivity index is 2.51. The Bertz CT molecular complexity index is 401. The second kappa shape index (κ2) is 7.50. The summed E-state index contributed by atoms with van der Waals surface area (Å²) in [4.78, 5) is 11.0. The van der Waals surface area contributed by atoms with E-state index in [1.54, 1.807) is 0 Å². The third kappa shape index (κ3) is 4.59. The van der Waals surface area contributed by atoms with Gasteiger partial charge in [-0.15, -0.1) is 0 Å². The van der Waals surface area contributed by atoms with Crippen LogP contribution in [0.5, 0.6) is 5.75 Å². The van der Waals surface area contributed by atoms with Crippen molar-refractivity contribution in [1.82, 2.24) is 0 Å². The number of aryl methyl sites for hydroxylation is 1. The highest BCUT2D eigenvalue weighted by atomic mass is 16.6. The fourth-order valence-corrected chi connectivity index (χ4v) is 1.38. The largest absolute Gasteiger partial charge is 0.490 e. The zero-order chi connectivity index (χ0) is 13.4. The van der Waals surface area contributed by atoms with Crippen molar-refractivity contribution < 1.29 is 19.4 Å². The van der Waals surface area contributed by atoms with E-state index in [9.17, 15) is 4.79 Å². The van der Waals surface area contributed by atoms with Gasteiger partial charge in [0.25, 0.3) is 0 Å². The van der Waals surface area contributed by atoms with Crippen LogP contribution < -0.4 is 4.74 Å². The van der Waals surface area contributed by atoms with E-state index in [-0.39, 0.29) is 13.2 Å². The van der Waals surface area contributed by atoms with Crippen LogP contribution in [0.15, 0.2) is 36.9 Å². The lowest BCUT2D eigenvalue weighted by molar-refractivity contribution is -0.146. The standard InChI is InChI=1S/C14H18O4/c1-3-11-6-5-7-12(8-11)17-10-13(9-15)18-14(16)4-2/h4-8,13,15H,2-3,9-10H2,1H3/t13-/m0/s1. The minimum Gasteiger partial charge on any atom is -0.490 e. The molecule has 4 heteroatoms. The molecule has 0 spiro atoms. The van der Waals surface area contributed by atoms with Crippen LogP contribution in [0.25, 0.3) is 0 Å². The molecule has 0 aliphatic rings.